The van der Waals surface area contributed by atoms with Crippen LogP contribution in [0.2, 0.25) is 0 Å². The lowest BCUT2D eigenvalue weighted by atomic mass is 9.73. The molecule has 3 atom stereocenters. The van der Waals surface area contributed by atoms with E-state index in [0.717, 1.165) is 16.7 Å². The highest BCUT2D eigenvalue weighted by molar-refractivity contribution is 5.97. The summed E-state index contributed by atoms with van der Waals surface area (Å²) in [5, 5.41) is 10.0. The SMILES string of the molecule is Cc1ccc(-c2ccc([C@H]3[C@@H](CO)N4C(=O)CN(C(=O)c5ccccc5)C[C@@H]34)cc2)cc1. The largest absolute Gasteiger partial charge is 0.394 e. The first-order valence-corrected chi connectivity index (χ1v) is 11.0. The van der Waals surface area contributed by atoms with Crippen LogP contribution in [0.15, 0.2) is 78.9 Å². The molecule has 32 heavy (non-hydrogen) atoms. The van der Waals surface area contributed by atoms with Gasteiger partial charge in [0.05, 0.1) is 18.7 Å². The number of benzene rings is 3. The van der Waals surface area contributed by atoms with E-state index >= 15 is 0 Å². The molecule has 0 bridgehead atoms. The highest BCUT2D eigenvalue weighted by Gasteiger charge is 2.54. The predicted molar refractivity (Wildman–Crippen MR) is 123 cm³/mol. The number of aryl methyl sites for hydroxylation is 1. The van der Waals surface area contributed by atoms with Crippen LogP contribution >= 0.6 is 0 Å². The van der Waals surface area contributed by atoms with Gasteiger partial charge in [-0.25, -0.2) is 0 Å². The molecule has 2 amide bonds. The summed E-state index contributed by atoms with van der Waals surface area (Å²) in [6.45, 7) is 2.51. The molecule has 2 aliphatic rings. The van der Waals surface area contributed by atoms with E-state index in [1.165, 1.54) is 5.56 Å². The molecular weight excluding hydrogens is 400 g/mol. The average Bonchev–Trinajstić information content (AvgIpc) is 2.81. The van der Waals surface area contributed by atoms with Crippen molar-refractivity contribution in [2.45, 2.75) is 24.9 Å². The molecule has 3 aromatic carbocycles. The standard InChI is InChI=1S/C27H26N2O3/c1-18-7-9-19(10-8-18)20-11-13-21(14-12-20)26-23-15-28(16-25(31)29(23)24(26)17-30)27(32)22-5-3-2-4-6-22/h2-14,23-24,26,30H,15-17H2,1H3/t23-,24+,26+/m0/s1. The molecule has 0 spiro atoms. The van der Waals surface area contributed by atoms with E-state index in [2.05, 4.69) is 55.5 Å². The van der Waals surface area contributed by atoms with Gasteiger partial charge < -0.3 is 14.9 Å². The van der Waals surface area contributed by atoms with Crippen LogP contribution in [0.3, 0.4) is 0 Å². The molecule has 2 heterocycles. The fourth-order valence-electron chi connectivity index (χ4n) is 5.06. The van der Waals surface area contributed by atoms with E-state index in [4.69, 9.17) is 0 Å². The van der Waals surface area contributed by atoms with Crippen LogP contribution in [0.25, 0.3) is 11.1 Å². The third-order valence-corrected chi connectivity index (χ3v) is 6.74. The van der Waals surface area contributed by atoms with Gasteiger partial charge in [-0.15, -0.1) is 0 Å². The van der Waals surface area contributed by atoms with Crippen molar-refractivity contribution in [3.05, 3.63) is 95.6 Å². The second-order valence-electron chi connectivity index (χ2n) is 8.68. The Morgan fingerprint density at radius 1 is 0.938 bits per heavy atom. The topological polar surface area (TPSA) is 60.9 Å². The Balaban J connectivity index is 1.38. The normalized spacial score (nSPS) is 22.3. The molecule has 3 aromatic rings. The van der Waals surface area contributed by atoms with E-state index in [1.54, 1.807) is 21.9 Å². The molecule has 2 fully saturated rings. The maximum Gasteiger partial charge on any atom is 0.254 e. The summed E-state index contributed by atoms with van der Waals surface area (Å²) in [5.41, 5.74) is 5.19. The molecule has 5 heteroatoms. The lowest BCUT2D eigenvalue weighted by Crippen LogP contribution is -2.73. The van der Waals surface area contributed by atoms with Crippen LogP contribution in [0.1, 0.15) is 27.4 Å². The second kappa shape index (κ2) is 8.24. The van der Waals surface area contributed by atoms with E-state index in [1.807, 2.05) is 18.2 Å². The Hall–Kier alpha value is -3.44. The Labute approximate surface area is 187 Å². The van der Waals surface area contributed by atoms with Gasteiger partial charge in [-0.1, -0.05) is 72.3 Å². The quantitative estimate of drug-likeness (QED) is 0.695. The number of hydrogen-bond acceptors (Lipinski definition) is 3. The number of carbonyl (C=O) groups is 2. The van der Waals surface area contributed by atoms with Gasteiger partial charge in [0.25, 0.3) is 5.91 Å². The van der Waals surface area contributed by atoms with E-state index in [0.29, 0.717) is 12.1 Å². The van der Waals surface area contributed by atoms with Gasteiger partial charge in [-0.05, 0) is 35.7 Å². The molecule has 0 saturated carbocycles. The van der Waals surface area contributed by atoms with Crippen LogP contribution in [0.4, 0.5) is 0 Å². The highest BCUT2D eigenvalue weighted by atomic mass is 16.3. The molecule has 162 valence electrons. The molecule has 0 aromatic heterocycles. The third kappa shape index (κ3) is 3.49. The van der Waals surface area contributed by atoms with Crippen molar-refractivity contribution in [3.8, 4) is 11.1 Å². The molecule has 5 nitrogen and oxygen atoms in total. The molecule has 0 unspecified atom stereocenters. The fourth-order valence-corrected chi connectivity index (χ4v) is 5.06. The summed E-state index contributed by atoms with van der Waals surface area (Å²) in [7, 11) is 0. The van der Waals surface area contributed by atoms with Crippen LogP contribution in [-0.4, -0.2) is 58.5 Å². The van der Waals surface area contributed by atoms with Crippen LogP contribution in [-0.2, 0) is 4.79 Å². The number of rotatable bonds is 4. The zero-order chi connectivity index (χ0) is 22.2. The summed E-state index contributed by atoms with van der Waals surface area (Å²) < 4.78 is 0. The number of piperazine rings is 1. The first-order chi connectivity index (χ1) is 15.6. The molecule has 0 aliphatic carbocycles. The maximum atomic E-state index is 12.9. The first kappa shape index (κ1) is 20.5. The van der Waals surface area contributed by atoms with Gasteiger partial charge in [0.1, 0.15) is 6.54 Å². The second-order valence-corrected chi connectivity index (χ2v) is 8.68. The van der Waals surface area contributed by atoms with Gasteiger partial charge >= 0.3 is 0 Å². The molecule has 2 aliphatic heterocycles. The van der Waals surface area contributed by atoms with Gasteiger partial charge in [0.15, 0.2) is 0 Å². The summed E-state index contributed by atoms with van der Waals surface area (Å²) >= 11 is 0. The zero-order valence-electron chi connectivity index (χ0n) is 18.0. The Morgan fingerprint density at radius 3 is 2.19 bits per heavy atom. The average molecular weight is 427 g/mol. The lowest BCUT2D eigenvalue weighted by Gasteiger charge is -2.58. The van der Waals surface area contributed by atoms with E-state index < -0.39 is 0 Å². The van der Waals surface area contributed by atoms with Crippen LogP contribution in [0.5, 0.6) is 0 Å². The third-order valence-electron chi connectivity index (χ3n) is 6.74. The molecule has 2 saturated heterocycles. The van der Waals surface area contributed by atoms with Gasteiger partial charge in [-0.3, -0.25) is 9.59 Å². The number of amides is 2. The van der Waals surface area contributed by atoms with Gasteiger partial charge in [-0.2, -0.15) is 0 Å². The molecule has 5 rings (SSSR count). The molecule has 0 radical (unpaired) electrons. The van der Waals surface area contributed by atoms with Crippen molar-refractivity contribution < 1.29 is 14.7 Å². The Morgan fingerprint density at radius 2 is 1.56 bits per heavy atom. The maximum absolute atomic E-state index is 12.9. The van der Waals surface area contributed by atoms with Crippen molar-refractivity contribution in [1.82, 2.24) is 9.80 Å². The number of aliphatic hydroxyl groups excluding tert-OH is 1. The van der Waals surface area contributed by atoms with Crippen LogP contribution < -0.4 is 0 Å². The summed E-state index contributed by atoms with van der Waals surface area (Å²) in [6, 6.07) is 25.5. The summed E-state index contributed by atoms with van der Waals surface area (Å²) in [4.78, 5) is 29.2. The van der Waals surface area contributed by atoms with Crippen molar-refractivity contribution in [3.63, 3.8) is 0 Å². The van der Waals surface area contributed by atoms with Crippen molar-refractivity contribution in [1.29, 1.82) is 0 Å². The van der Waals surface area contributed by atoms with Gasteiger partial charge in [0.2, 0.25) is 5.91 Å². The lowest BCUT2D eigenvalue weighted by molar-refractivity contribution is -0.159. The zero-order valence-corrected chi connectivity index (χ0v) is 18.0. The molecule has 1 N–H and O–H groups in total. The Kier molecular flexibility index (Phi) is 5.27. The first-order valence-electron chi connectivity index (χ1n) is 11.0. The van der Waals surface area contributed by atoms with Gasteiger partial charge in [0, 0.05) is 18.0 Å². The Bertz CT molecular complexity index is 1130. The number of carbonyl (C=O) groups excluding carboxylic acids is 2. The van der Waals surface area contributed by atoms with Crippen molar-refractivity contribution in [2.75, 3.05) is 19.7 Å². The number of aliphatic hydroxyl groups is 1. The minimum atomic E-state index is -0.244. The van der Waals surface area contributed by atoms with Crippen molar-refractivity contribution in [2.24, 2.45) is 0 Å². The highest BCUT2D eigenvalue weighted by Crippen LogP contribution is 2.43. The van der Waals surface area contributed by atoms with E-state index in [9.17, 15) is 14.7 Å². The smallest absolute Gasteiger partial charge is 0.254 e. The van der Waals surface area contributed by atoms with Crippen molar-refractivity contribution >= 4 is 11.8 Å². The summed E-state index contributed by atoms with van der Waals surface area (Å²) in [6.07, 6.45) is 0. The van der Waals surface area contributed by atoms with Crippen LogP contribution in [0, 0.1) is 6.92 Å². The molecular formula is C27H26N2O3. The minimum Gasteiger partial charge on any atom is -0.394 e. The summed E-state index contributed by atoms with van der Waals surface area (Å²) in [5.74, 6) is -0.223. The monoisotopic (exact) mass is 426 g/mol. The number of hydrogen-bond donors (Lipinski definition) is 1. The number of fused-ring (bicyclic) bond motifs is 1. The fraction of sp³-hybridized carbons (Fsp3) is 0.259. The van der Waals surface area contributed by atoms with E-state index in [-0.39, 0.29) is 43.0 Å². The number of nitrogens with zero attached hydrogens (tertiary/aromatic N) is 2. The predicted octanol–water partition coefficient (Wildman–Crippen LogP) is 3.47. The minimum absolute atomic E-state index is 0.00221.